The topological polar surface area (TPSA) is 38.1 Å². The fourth-order valence-corrected chi connectivity index (χ4v) is 4.79. The molecule has 1 saturated heterocycles. The Morgan fingerprint density at radius 2 is 1.70 bits per heavy atom. The zero-order valence-electron chi connectivity index (χ0n) is 18.1. The third-order valence-corrected chi connectivity index (χ3v) is 6.55. The Balaban J connectivity index is 1.46. The van der Waals surface area contributed by atoms with Gasteiger partial charge in [-0.25, -0.2) is 13.5 Å². The van der Waals surface area contributed by atoms with Crippen LogP contribution in [0.4, 0.5) is 14.5 Å². The van der Waals surface area contributed by atoms with Crippen LogP contribution in [0.25, 0.3) is 16.5 Å². The molecule has 0 aliphatic carbocycles. The Hall–Kier alpha value is -3.06. The maximum absolute atomic E-state index is 14.8. The summed E-state index contributed by atoms with van der Waals surface area (Å²) < 4.78 is 32.1. The van der Waals surface area contributed by atoms with Crippen LogP contribution in [0.2, 0.25) is 0 Å². The highest BCUT2D eigenvalue weighted by atomic mass is 79.9. The number of anilines is 1. The fraction of sp³-hybridized carbons (Fsp3) is 0.231. The Morgan fingerprint density at radius 1 is 0.970 bits per heavy atom. The highest BCUT2D eigenvalue weighted by molar-refractivity contribution is 9.10. The Morgan fingerprint density at radius 3 is 2.48 bits per heavy atom. The first-order valence-corrected chi connectivity index (χ1v) is 11.7. The summed E-state index contributed by atoms with van der Waals surface area (Å²) in [5, 5.41) is 6.55. The zero-order valence-corrected chi connectivity index (χ0v) is 19.7. The molecular weight excluding hydrogens is 488 g/mol. The number of benzene rings is 3. The van der Waals surface area contributed by atoms with E-state index in [4.69, 9.17) is 0 Å². The minimum absolute atomic E-state index is 0.0502. The first kappa shape index (κ1) is 21.8. The number of nitrogens with zero attached hydrogens (tertiary/aromatic N) is 3. The fourth-order valence-electron chi connectivity index (χ4n) is 4.41. The van der Waals surface area contributed by atoms with E-state index in [2.05, 4.69) is 21.0 Å². The van der Waals surface area contributed by atoms with Crippen LogP contribution >= 0.6 is 15.9 Å². The largest absolute Gasteiger partial charge is 0.369 e. The standard InChI is InChI=1S/C26H22BrF2N3O/c1-16-10-25(32(30-16)21-7-5-17-11-20(27)6-4-18(17)12-21)26(33)14-19-13-23(29)24(15-22(19)28)31-8-2-3-9-31/h4-7,10-13,15H,2-3,8-9,14H2,1H3. The average molecular weight is 510 g/mol. The Labute approximate surface area is 199 Å². The molecule has 5 rings (SSSR count). The van der Waals surface area contributed by atoms with Gasteiger partial charge in [-0.1, -0.05) is 28.1 Å². The molecule has 33 heavy (non-hydrogen) atoms. The molecule has 0 spiro atoms. The molecule has 0 saturated carbocycles. The van der Waals surface area contributed by atoms with Crippen molar-refractivity contribution < 1.29 is 13.6 Å². The Kier molecular flexibility index (Phi) is 5.74. The number of carbonyl (C=O) groups is 1. The number of carbonyl (C=O) groups excluding carboxylic acids is 1. The first-order valence-electron chi connectivity index (χ1n) is 10.9. The van der Waals surface area contributed by atoms with Crippen LogP contribution < -0.4 is 4.90 Å². The minimum atomic E-state index is -0.564. The number of halogens is 3. The highest BCUT2D eigenvalue weighted by Gasteiger charge is 2.22. The van der Waals surface area contributed by atoms with Crippen LogP contribution in [0.1, 0.15) is 34.6 Å². The van der Waals surface area contributed by atoms with E-state index in [0.29, 0.717) is 11.4 Å². The molecule has 1 aliphatic heterocycles. The van der Waals surface area contributed by atoms with E-state index in [1.54, 1.807) is 17.7 Å². The molecule has 0 unspecified atom stereocenters. The molecular formula is C26H22BrF2N3O. The van der Waals surface area contributed by atoms with Gasteiger partial charge in [-0.05, 0) is 72.5 Å². The van der Waals surface area contributed by atoms with Crippen molar-refractivity contribution in [3.8, 4) is 5.69 Å². The minimum Gasteiger partial charge on any atom is -0.369 e. The lowest BCUT2D eigenvalue weighted by atomic mass is 10.0. The van der Waals surface area contributed by atoms with Gasteiger partial charge in [0.15, 0.2) is 5.78 Å². The monoisotopic (exact) mass is 509 g/mol. The van der Waals surface area contributed by atoms with E-state index in [9.17, 15) is 13.6 Å². The van der Waals surface area contributed by atoms with Gasteiger partial charge < -0.3 is 4.90 Å². The summed E-state index contributed by atoms with van der Waals surface area (Å²) in [5.41, 5.74) is 2.06. The van der Waals surface area contributed by atoms with Crippen molar-refractivity contribution in [2.24, 2.45) is 0 Å². The van der Waals surface area contributed by atoms with Crippen LogP contribution in [0.15, 0.2) is 59.1 Å². The smallest absolute Gasteiger partial charge is 0.185 e. The molecule has 0 bridgehead atoms. The van der Waals surface area contributed by atoms with Gasteiger partial charge in [0.05, 0.1) is 17.1 Å². The normalized spacial score (nSPS) is 13.8. The summed E-state index contributed by atoms with van der Waals surface area (Å²) in [7, 11) is 0. The van der Waals surface area contributed by atoms with E-state index in [0.717, 1.165) is 52.9 Å². The number of rotatable bonds is 5. The molecule has 1 aromatic heterocycles. The number of fused-ring (bicyclic) bond motifs is 1. The maximum atomic E-state index is 14.8. The molecule has 1 aliphatic rings. The zero-order chi connectivity index (χ0) is 23.1. The summed E-state index contributed by atoms with van der Waals surface area (Å²) >= 11 is 3.47. The molecule has 0 amide bonds. The van der Waals surface area contributed by atoms with Gasteiger partial charge in [0.25, 0.3) is 0 Å². The number of Topliss-reactive ketones (excluding diaryl/α,β-unsaturated/α-hetero) is 1. The molecule has 0 N–H and O–H groups in total. The van der Waals surface area contributed by atoms with Crippen LogP contribution in [0.3, 0.4) is 0 Å². The van der Waals surface area contributed by atoms with E-state index >= 15 is 0 Å². The number of hydrogen-bond donors (Lipinski definition) is 0. The van der Waals surface area contributed by atoms with E-state index in [1.165, 1.54) is 6.07 Å². The third-order valence-electron chi connectivity index (χ3n) is 6.06. The summed E-state index contributed by atoms with van der Waals surface area (Å²) in [6, 6.07) is 15.8. The summed E-state index contributed by atoms with van der Waals surface area (Å²) in [6.45, 7) is 3.24. The van der Waals surface area contributed by atoms with E-state index in [-0.39, 0.29) is 23.5 Å². The van der Waals surface area contributed by atoms with Gasteiger partial charge >= 0.3 is 0 Å². The third kappa shape index (κ3) is 4.29. The van der Waals surface area contributed by atoms with Gasteiger partial charge in [-0.3, -0.25) is 4.79 Å². The maximum Gasteiger partial charge on any atom is 0.185 e. The van der Waals surface area contributed by atoms with E-state index < -0.39 is 11.6 Å². The molecule has 0 radical (unpaired) electrons. The van der Waals surface area contributed by atoms with Crippen molar-refractivity contribution in [1.82, 2.24) is 9.78 Å². The number of hydrogen-bond acceptors (Lipinski definition) is 3. The van der Waals surface area contributed by atoms with Crippen molar-refractivity contribution in [2.45, 2.75) is 26.2 Å². The van der Waals surface area contributed by atoms with Gasteiger partial charge in [0, 0.05) is 30.0 Å². The van der Waals surface area contributed by atoms with Crippen LogP contribution in [-0.4, -0.2) is 28.7 Å². The van der Waals surface area contributed by atoms with E-state index in [1.807, 2.05) is 41.3 Å². The van der Waals surface area contributed by atoms with Gasteiger partial charge in [-0.2, -0.15) is 5.10 Å². The summed E-state index contributed by atoms with van der Waals surface area (Å²) in [6.07, 6.45) is 1.70. The van der Waals surface area contributed by atoms with Gasteiger partial charge in [0.2, 0.25) is 0 Å². The SMILES string of the molecule is Cc1cc(C(=O)Cc2cc(F)c(N3CCCC3)cc2F)n(-c2ccc3cc(Br)ccc3c2)n1. The lowest BCUT2D eigenvalue weighted by Crippen LogP contribution is -2.20. The molecule has 0 atom stereocenters. The predicted octanol–water partition coefficient (Wildman–Crippen LogP) is 6.40. The molecule has 4 nitrogen and oxygen atoms in total. The lowest BCUT2D eigenvalue weighted by molar-refractivity contribution is 0.0984. The number of ketones is 1. The van der Waals surface area contributed by atoms with Crippen LogP contribution in [-0.2, 0) is 6.42 Å². The van der Waals surface area contributed by atoms with Crippen molar-refractivity contribution in [2.75, 3.05) is 18.0 Å². The average Bonchev–Trinajstić information content (AvgIpc) is 3.45. The first-order chi connectivity index (χ1) is 15.9. The molecule has 2 heterocycles. The second-order valence-corrected chi connectivity index (χ2v) is 9.36. The molecule has 168 valence electrons. The quantitative estimate of drug-likeness (QED) is 0.292. The highest BCUT2D eigenvalue weighted by Crippen LogP contribution is 2.28. The second kappa shape index (κ2) is 8.71. The molecule has 7 heteroatoms. The Bertz CT molecular complexity index is 1380. The number of aryl methyl sites for hydroxylation is 1. The number of aromatic nitrogens is 2. The lowest BCUT2D eigenvalue weighted by Gasteiger charge is -2.19. The van der Waals surface area contributed by atoms with Crippen LogP contribution in [0, 0.1) is 18.6 Å². The summed E-state index contributed by atoms with van der Waals surface area (Å²) in [5.74, 6) is -1.38. The molecule has 4 aromatic rings. The molecule has 1 fully saturated rings. The van der Waals surface area contributed by atoms with Gasteiger partial charge in [0.1, 0.15) is 17.3 Å². The van der Waals surface area contributed by atoms with Crippen molar-refractivity contribution >= 4 is 38.2 Å². The predicted molar refractivity (Wildman–Crippen MR) is 129 cm³/mol. The second-order valence-electron chi connectivity index (χ2n) is 8.45. The van der Waals surface area contributed by atoms with Crippen molar-refractivity contribution in [3.05, 3.63) is 87.7 Å². The molecule has 3 aromatic carbocycles. The van der Waals surface area contributed by atoms with Crippen LogP contribution in [0.5, 0.6) is 0 Å². The van der Waals surface area contributed by atoms with Crippen molar-refractivity contribution in [1.29, 1.82) is 0 Å². The van der Waals surface area contributed by atoms with Gasteiger partial charge in [-0.15, -0.1) is 0 Å². The summed E-state index contributed by atoms with van der Waals surface area (Å²) in [4.78, 5) is 15.0. The van der Waals surface area contributed by atoms with Crippen molar-refractivity contribution in [3.63, 3.8) is 0 Å².